The average Bonchev–Trinajstić information content (AvgIpc) is 3.40. The van der Waals surface area contributed by atoms with Crippen LogP contribution in [-0.2, 0) is 11.3 Å². The van der Waals surface area contributed by atoms with Crippen molar-refractivity contribution in [3.05, 3.63) is 35.5 Å². The van der Waals surface area contributed by atoms with Gasteiger partial charge in [0.15, 0.2) is 5.78 Å². The zero-order valence-electron chi connectivity index (χ0n) is 17.9. The fourth-order valence-corrected chi connectivity index (χ4v) is 5.71. The molecular formula is C25H34N2O2. The van der Waals surface area contributed by atoms with Gasteiger partial charge in [0.05, 0.1) is 11.6 Å². The fourth-order valence-electron chi connectivity index (χ4n) is 5.71. The van der Waals surface area contributed by atoms with Crippen LogP contribution in [0.25, 0.3) is 10.9 Å². The number of fused-ring (bicyclic) bond motifs is 3. The van der Waals surface area contributed by atoms with Crippen LogP contribution in [0.2, 0.25) is 0 Å². The van der Waals surface area contributed by atoms with Crippen molar-refractivity contribution in [1.29, 1.82) is 0 Å². The number of ether oxygens (including phenoxy) is 1. The largest absolute Gasteiger partial charge is 0.378 e. The lowest BCUT2D eigenvalue weighted by atomic mass is 9.99. The van der Waals surface area contributed by atoms with Crippen molar-refractivity contribution < 1.29 is 9.53 Å². The number of para-hydroxylation sites is 1. The molecule has 156 valence electrons. The second kappa shape index (κ2) is 7.88. The number of rotatable bonds is 8. The third-order valence-corrected chi connectivity index (χ3v) is 7.40. The summed E-state index contributed by atoms with van der Waals surface area (Å²) in [5, 5.41) is 1.10. The maximum absolute atomic E-state index is 12.1. The van der Waals surface area contributed by atoms with Gasteiger partial charge in [-0.25, -0.2) is 0 Å². The molecule has 0 spiro atoms. The molecule has 1 aliphatic carbocycles. The fraction of sp³-hybridized carbons (Fsp3) is 0.640. The normalized spacial score (nSPS) is 27.0. The third-order valence-electron chi connectivity index (χ3n) is 7.40. The number of aromatic nitrogens is 1. The van der Waals surface area contributed by atoms with Crippen molar-refractivity contribution in [3.8, 4) is 0 Å². The van der Waals surface area contributed by atoms with Crippen LogP contribution in [0.4, 0.5) is 0 Å². The van der Waals surface area contributed by atoms with Crippen LogP contribution >= 0.6 is 0 Å². The minimum absolute atomic E-state index is 0.158. The lowest BCUT2D eigenvalue weighted by molar-refractivity contribution is -0.0241. The Hall–Kier alpha value is -1.65. The van der Waals surface area contributed by atoms with Crippen molar-refractivity contribution >= 4 is 16.7 Å². The summed E-state index contributed by atoms with van der Waals surface area (Å²) in [6.07, 6.45) is 11.6. The molecule has 4 nitrogen and oxygen atoms in total. The zero-order valence-corrected chi connectivity index (χ0v) is 17.9. The molecule has 1 aromatic heterocycles. The molecule has 2 saturated heterocycles. The quantitative estimate of drug-likeness (QED) is 0.593. The second-order valence-electron chi connectivity index (χ2n) is 9.61. The molecule has 2 unspecified atom stereocenters. The Kier molecular flexibility index (Phi) is 5.25. The Labute approximate surface area is 174 Å². The number of benzene rings is 1. The first-order valence-electron chi connectivity index (χ1n) is 11.6. The number of hydrogen-bond acceptors (Lipinski definition) is 3. The van der Waals surface area contributed by atoms with E-state index in [1.54, 1.807) is 6.92 Å². The molecule has 0 amide bonds. The number of carbonyl (C=O) groups excluding carboxylic acids is 1. The summed E-state index contributed by atoms with van der Waals surface area (Å²) >= 11 is 0. The number of aryl methyl sites for hydroxylation is 2. The Morgan fingerprint density at radius 1 is 1.10 bits per heavy atom. The summed E-state index contributed by atoms with van der Waals surface area (Å²) in [7, 11) is 0. The van der Waals surface area contributed by atoms with Crippen molar-refractivity contribution in [2.75, 3.05) is 13.2 Å². The Bertz CT molecular complexity index is 884. The Morgan fingerprint density at radius 2 is 1.86 bits per heavy atom. The standard InChI is InChI=1S/C25H34N2O2/c1-17-5-3-6-23-24(18(2)28)15-26(25(17)23)11-4-12-27-20-9-10-21(27)14-22(13-20)29-16-19-7-8-19/h3,5-6,15,19-22H,4,7-14,16H2,1-2H3. The van der Waals surface area contributed by atoms with Crippen molar-refractivity contribution in [3.63, 3.8) is 0 Å². The van der Waals surface area contributed by atoms with Gasteiger partial charge in [0.1, 0.15) is 0 Å². The molecule has 2 aromatic rings. The summed E-state index contributed by atoms with van der Waals surface area (Å²) in [4.78, 5) is 14.9. The monoisotopic (exact) mass is 394 g/mol. The van der Waals surface area contributed by atoms with Crippen LogP contribution in [0.1, 0.15) is 67.8 Å². The van der Waals surface area contributed by atoms with E-state index in [0.29, 0.717) is 18.2 Å². The lowest BCUT2D eigenvalue weighted by Gasteiger charge is -2.39. The number of piperidine rings is 1. The molecule has 4 heteroatoms. The highest BCUT2D eigenvalue weighted by Crippen LogP contribution is 2.38. The van der Waals surface area contributed by atoms with E-state index in [-0.39, 0.29) is 5.78 Å². The molecule has 0 N–H and O–H groups in total. The molecule has 1 saturated carbocycles. The molecule has 1 aromatic carbocycles. The van der Waals surface area contributed by atoms with E-state index in [1.807, 2.05) is 0 Å². The Balaban J connectivity index is 1.21. The maximum atomic E-state index is 12.1. The summed E-state index contributed by atoms with van der Waals surface area (Å²) in [6, 6.07) is 7.72. The number of ketones is 1. The topological polar surface area (TPSA) is 34.5 Å². The van der Waals surface area contributed by atoms with Crippen LogP contribution in [0.5, 0.6) is 0 Å². The minimum Gasteiger partial charge on any atom is -0.378 e. The molecule has 3 fully saturated rings. The summed E-state index contributed by atoms with van der Waals surface area (Å²) in [5.74, 6) is 1.02. The highest BCUT2D eigenvalue weighted by atomic mass is 16.5. The van der Waals surface area contributed by atoms with Gasteiger partial charge in [0.2, 0.25) is 0 Å². The lowest BCUT2D eigenvalue weighted by Crippen LogP contribution is -2.46. The molecule has 3 heterocycles. The van der Waals surface area contributed by atoms with E-state index in [4.69, 9.17) is 4.74 Å². The van der Waals surface area contributed by atoms with Crippen molar-refractivity contribution in [2.45, 2.75) is 83.5 Å². The predicted molar refractivity (Wildman–Crippen MR) is 117 cm³/mol. The van der Waals surface area contributed by atoms with Crippen LogP contribution in [0.3, 0.4) is 0 Å². The van der Waals surface area contributed by atoms with E-state index >= 15 is 0 Å². The number of nitrogens with zero attached hydrogens (tertiary/aromatic N) is 2. The van der Waals surface area contributed by atoms with Crippen LogP contribution in [0, 0.1) is 12.8 Å². The third kappa shape index (κ3) is 3.89. The summed E-state index contributed by atoms with van der Waals surface area (Å²) < 4.78 is 8.55. The van der Waals surface area contributed by atoms with Gasteiger partial charge in [0, 0.05) is 48.9 Å². The second-order valence-corrected chi connectivity index (χ2v) is 9.61. The number of Topliss-reactive ketones (excluding diaryl/α,β-unsaturated/α-hetero) is 1. The SMILES string of the molecule is CC(=O)c1cn(CCCN2C3CCC2CC(OCC2CC2)C3)c2c(C)cccc12. The number of hydrogen-bond donors (Lipinski definition) is 0. The Morgan fingerprint density at radius 3 is 2.55 bits per heavy atom. The highest BCUT2D eigenvalue weighted by Gasteiger charge is 2.41. The van der Waals surface area contributed by atoms with E-state index in [2.05, 4.69) is 40.8 Å². The van der Waals surface area contributed by atoms with E-state index in [1.165, 1.54) is 49.6 Å². The first-order chi connectivity index (χ1) is 14.1. The minimum atomic E-state index is 0.158. The number of carbonyl (C=O) groups is 1. The highest BCUT2D eigenvalue weighted by molar-refractivity contribution is 6.07. The molecule has 2 aliphatic heterocycles. The van der Waals surface area contributed by atoms with Crippen molar-refractivity contribution in [1.82, 2.24) is 9.47 Å². The van der Waals surface area contributed by atoms with Gasteiger partial charge in [-0.1, -0.05) is 18.2 Å². The van der Waals surface area contributed by atoms with Gasteiger partial charge in [-0.2, -0.15) is 0 Å². The summed E-state index contributed by atoms with van der Waals surface area (Å²) in [5.41, 5.74) is 3.34. The smallest absolute Gasteiger partial charge is 0.161 e. The van der Waals surface area contributed by atoms with Crippen LogP contribution in [-0.4, -0.2) is 46.6 Å². The van der Waals surface area contributed by atoms with Gasteiger partial charge in [-0.3, -0.25) is 9.69 Å². The predicted octanol–water partition coefficient (Wildman–Crippen LogP) is 4.96. The van der Waals surface area contributed by atoms with Crippen molar-refractivity contribution in [2.24, 2.45) is 5.92 Å². The average molecular weight is 395 g/mol. The zero-order chi connectivity index (χ0) is 20.0. The summed E-state index contributed by atoms with van der Waals surface area (Å²) in [6.45, 7) is 6.96. The van der Waals surface area contributed by atoms with Gasteiger partial charge in [0.25, 0.3) is 0 Å². The van der Waals surface area contributed by atoms with E-state index in [0.717, 1.165) is 43.0 Å². The first kappa shape index (κ1) is 19.3. The van der Waals surface area contributed by atoms with Gasteiger partial charge >= 0.3 is 0 Å². The molecule has 3 aliphatic rings. The molecular weight excluding hydrogens is 360 g/mol. The van der Waals surface area contributed by atoms with Gasteiger partial charge < -0.3 is 9.30 Å². The molecule has 5 rings (SSSR count). The van der Waals surface area contributed by atoms with Crippen LogP contribution in [0.15, 0.2) is 24.4 Å². The molecule has 2 atom stereocenters. The maximum Gasteiger partial charge on any atom is 0.161 e. The van der Waals surface area contributed by atoms with Gasteiger partial charge in [-0.05, 0) is 70.3 Å². The van der Waals surface area contributed by atoms with Gasteiger partial charge in [-0.15, -0.1) is 0 Å². The molecule has 2 bridgehead atoms. The molecule has 0 radical (unpaired) electrons. The van der Waals surface area contributed by atoms with E-state index in [9.17, 15) is 4.79 Å². The van der Waals surface area contributed by atoms with Crippen LogP contribution < -0.4 is 0 Å². The van der Waals surface area contributed by atoms with E-state index < -0.39 is 0 Å². The first-order valence-corrected chi connectivity index (χ1v) is 11.6. The molecule has 29 heavy (non-hydrogen) atoms.